The van der Waals surface area contributed by atoms with Crippen LogP contribution in [0, 0.1) is 5.92 Å². The van der Waals surface area contributed by atoms with E-state index in [1.54, 1.807) is 7.05 Å². The first-order chi connectivity index (χ1) is 14.2. The van der Waals surface area contributed by atoms with E-state index in [2.05, 4.69) is 20.4 Å². The van der Waals surface area contributed by atoms with E-state index < -0.39 is 5.92 Å². The summed E-state index contributed by atoms with van der Waals surface area (Å²) in [6, 6.07) is 7.49. The van der Waals surface area contributed by atoms with E-state index in [0.29, 0.717) is 36.1 Å². The third kappa shape index (κ3) is 7.88. The Hall–Kier alpha value is -2.85. The van der Waals surface area contributed by atoms with Crippen LogP contribution in [-0.4, -0.2) is 40.3 Å². The number of hydrogen-bond acceptors (Lipinski definition) is 6. The maximum absolute atomic E-state index is 13.1. The smallest absolute Gasteiger partial charge is 0.248 e. The van der Waals surface area contributed by atoms with Gasteiger partial charge in [-0.25, -0.2) is 29.7 Å². The lowest BCUT2D eigenvalue weighted by Gasteiger charge is -2.11. The van der Waals surface area contributed by atoms with Gasteiger partial charge in [-0.15, -0.1) is 5.10 Å². The number of aromatic nitrogens is 2. The molecule has 1 fully saturated rings. The molecule has 8 nitrogen and oxygen atoms in total. The molecule has 0 radical (unpaired) electrons. The standard InChI is InChI=1S/C14H20F2N4.C5H4ClN3O/c1-20(18)19-13(17)12-4-2-10(3-5-12)8-11-6-7-14(15,16)9-11;6-4-1-8-5(2-7-4)9-3-10/h2-5,11H,6-9,18H2,1H3,(H2,17,19);1-3H,(H,8,9,10). The number of hydrogen-bond donors (Lipinski definition) is 3. The summed E-state index contributed by atoms with van der Waals surface area (Å²) in [5.74, 6) is 3.69. The third-order valence-corrected chi connectivity index (χ3v) is 4.57. The molecule has 1 heterocycles. The Morgan fingerprint density at radius 2 is 2.07 bits per heavy atom. The molecule has 2 aromatic rings. The van der Waals surface area contributed by atoms with Gasteiger partial charge in [-0.2, -0.15) is 0 Å². The number of anilines is 1. The van der Waals surface area contributed by atoms with Crippen LogP contribution in [0.5, 0.6) is 0 Å². The molecule has 1 amide bonds. The Morgan fingerprint density at radius 3 is 2.57 bits per heavy atom. The van der Waals surface area contributed by atoms with Crippen LogP contribution in [0.4, 0.5) is 14.6 Å². The molecular formula is C19H24ClF2N7O. The summed E-state index contributed by atoms with van der Waals surface area (Å²) in [4.78, 5) is 17.3. The summed E-state index contributed by atoms with van der Waals surface area (Å²) >= 11 is 5.42. The van der Waals surface area contributed by atoms with Crippen LogP contribution in [-0.2, 0) is 11.2 Å². The molecule has 0 spiro atoms. The number of halogens is 3. The molecule has 1 aliphatic carbocycles. The van der Waals surface area contributed by atoms with Crippen molar-refractivity contribution in [3.63, 3.8) is 0 Å². The Bertz CT molecular complexity index is 845. The molecule has 1 unspecified atom stereocenters. The summed E-state index contributed by atoms with van der Waals surface area (Å²) in [7, 11) is 1.58. The first kappa shape index (κ1) is 23.4. The van der Waals surface area contributed by atoms with Crippen molar-refractivity contribution in [3.05, 3.63) is 52.9 Å². The predicted octanol–water partition coefficient (Wildman–Crippen LogP) is 2.79. The predicted molar refractivity (Wildman–Crippen MR) is 112 cm³/mol. The molecule has 30 heavy (non-hydrogen) atoms. The summed E-state index contributed by atoms with van der Waals surface area (Å²) in [6.07, 6.45) is 4.54. The number of rotatable bonds is 6. The fraction of sp³-hybridized carbons (Fsp3) is 0.368. The minimum absolute atomic E-state index is 0.00365. The van der Waals surface area contributed by atoms with Gasteiger partial charge in [0.1, 0.15) is 5.15 Å². The summed E-state index contributed by atoms with van der Waals surface area (Å²) in [5, 5.41) is 7.67. The van der Waals surface area contributed by atoms with Gasteiger partial charge >= 0.3 is 0 Å². The van der Waals surface area contributed by atoms with Gasteiger partial charge in [0.15, 0.2) is 11.7 Å². The van der Waals surface area contributed by atoms with E-state index in [1.165, 1.54) is 12.4 Å². The number of carbonyl (C=O) groups excluding carboxylic acids is 1. The van der Waals surface area contributed by atoms with E-state index in [4.69, 9.17) is 23.2 Å². The van der Waals surface area contributed by atoms with Crippen molar-refractivity contribution in [2.75, 3.05) is 12.4 Å². The van der Waals surface area contributed by atoms with Crippen molar-refractivity contribution >= 4 is 29.7 Å². The fourth-order valence-corrected chi connectivity index (χ4v) is 3.13. The number of nitrogens with two attached hydrogens (primary N) is 2. The molecule has 0 bridgehead atoms. The van der Waals surface area contributed by atoms with Crippen LogP contribution in [0.3, 0.4) is 0 Å². The van der Waals surface area contributed by atoms with E-state index in [0.717, 1.165) is 16.2 Å². The minimum Gasteiger partial charge on any atom is -0.382 e. The zero-order valence-corrected chi connectivity index (χ0v) is 17.2. The maximum Gasteiger partial charge on any atom is 0.248 e. The number of nitrogens with one attached hydrogen (secondary N) is 1. The van der Waals surface area contributed by atoms with Crippen molar-refractivity contribution in [1.29, 1.82) is 0 Å². The topological polar surface area (TPSA) is 123 Å². The number of carbonyl (C=O) groups is 1. The van der Waals surface area contributed by atoms with Gasteiger partial charge < -0.3 is 11.1 Å². The number of amidine groups is 1. The number of hydrazone groups is 1. The lowest BCUT2D eigenvalue weighted by atomic mass is 9.97. The second kappa shape index (κ2) is 10.8. The van der Waals surface area contributed by atoms with Gasteiger partial charge in [-0.3, -0.25) is 4.79 Å². The Labute approximate surface area is 178 Å². The second-order valence-corrected chi connectivity index (χ2v) is 7.30. The molecule has 1 aromatic carbocycles. The number of alkyl halides is 2. The van der Waals surface area contributed by atoms with Gasteiger partial charge in [-0.1, -0.05) is 35.9 Å². The van der Waals surface area contributed by atoms with Gasteiger partial charge in [-0.05, 0) is 24.3 Å². The van der Waals surface area contributed by atoms with Gasteiger partial charge in [0.2, 0.25) is 12.3 Å². The van der Waals surface area contributed by atoms with Crippen LogP contribution in [0.2, 0.25) is 5.15 Å². The number of amides is 1. The SMILES string of the molecule is CN(N)/N=C(\N)c1ccc(CC2CCC(F)(F)C2)cc1.O=CNc1cnc(Cl)cn1. The van der Waals surface area contributed by atoms with Gasteiger partial charge in [0, 0.05) is 25.5 Å². The van der Waals surface area contributed by atoms with E-state index in [1.807, 2.05) is 24.3 Å². The summed E-state index contributed by atoms with van der Waals surface area (Å²) in [6.45, 7) is 0. The van der Waals surface area contributed by atoms with Gasteiger partial charge in [0.05, 0.1) is 12.4 Å². The average molecular weight is 440 g/mol. The lowest BCUT2D eigenvalue weighted by Crippen LogP contribution is -2.25. The largest absolute Gasteiger partial charge is 0.382 e. The maximum atomic E-state index is 13.1. The molecule has 11 heteroatoms. The molecule has 0 aliphatic heterocycles. The third-order valence-electron chi connectivity index (χ3n) is 4.37. The molecule has 1 aromatic heterocycles. The van der Waals surface area contributed by atoms with Crippen molar-refractivity contribution < 1.29 is 13.6 Å². The van der Waals surface area contributed by atoms with Crippen LogP contribution < -0.4 is 16.9 Å². The molecule has 5 N–H and O–H groups in total. The van der Waals surface area contributed by atoms with Crippen LogP contribution in [0.25, 0.3) is 0 Å². The molecule has 3 rings (SSSR count). The monoisotopic (exact) mass is 439 g/mol. The second-order valence-electron chi connectivity index (χ2n) is 6.91. The highest BCUT2D eigenvalue weighted by atomic mass is 35.5. The summed E-state index contributed by atoms with van der Waals surface area (Å²) in [5.41, 5.74) is 7.59. The van der Waals surface area contributed by atoms with Crippen molar-refractivity contribution in [3.8, 4) is 0 Å². The minimum atomic E-state index is -2.48. The molecule has 162 valence electrons. The van der Waals surface area contributed by atoms with Crippen LogP contribution in [0.1, 0.15) is 30.4 Å². The zero-order chi connectivity index (χ0) is 22.1. The molecular weight excluding hydrogens is 416 g/mol. The van der Waals surface area contributed by atoms with Crippen LogP contribution >= 0.6 is 11.6 Å². The number of benzene rings is 1. The van der Waals surface area contributed by atoms with Crippen molar-refractivity contribution in [2.45, 2.75) is 31.6 Å². The highest BCUT2D eigenvalue weighted by Crippen LogP contribution is 2.40. The van der Waals surface area contributed by atoms with E-state index >= 15 is 0 Å². The number of hydrazine groups is 1. The highest BCUT2D eigenvalue weighted by molar-refractivity contribution is 6.29. The average Bonchev–Trinajstić information content (AvgIpc) is 3.03. The molecule has 1 saturated carbocycles. The first-order valence-corrected chi connectivity index (χ1v) is 9.53. The van der Waals surface area contributed by atoms with E-state index in [-0.39, 0.29) is 18.8 Å². The van der Waals surface area contributed by atoms with Crippen molar-refractivity contribution in [1.82, 2.24) is 15.1 Å². The Kier molecular flexibility index (Phi) is 8.43. The van der Waals surface area contributed by atoms with E-state index in [9.17, 15) is 13.6 Å². The fourth-order valence-electron chi connectivity index (χ4n) is 3.04. The molecule has 1 atom stereocenters. The van der Waals surface area contributed by atoms with Crippen molar-refractivity contribution in [2.24, 2.45) is 22.6 Å². The number of nitrogens with zero attached hydrogens (tertiary/aromatic N) is 4. The quantitative estimate of drug-likeness (QED) is 0.209. The van der Waals surface area contributed by atoms with Gasteiger partial charge in [0.25, 0.3) is 0 Å². The normalized spacial score (nSPS) is 17.6. The van der Waals surface area contributed by atoms with Crippen LogP contribution in [0.15, 0.2) is 41.8 Å². The first-order valence-electron chi connectivity index (χ1n) is 9.16. The highest BCUT2D eigenvalue weighted by Gasteiger charge is 2.39. The zero-order valence-electron chi connectivity index (χ0n) is 16.4. The molecule has 0 saturated heterocycles. The summed E-state index contributed by atoms with van der Waals surface area (Å²) < 4.78 is 26.3. The Balaban J connectivity index is 0.000000269. The lowest BCUT2D eigenvalue weighted by molar-refractivity contribution is -0.105. The Morgan fingerprint density at radius 1 is 1.37 bits per heavy atom. The molecule has 1 aliphatic rings.